The lowest BCUT2D eigenvalue weighted by atomic mass is 9.96. The third-order valence-electron chi connectivity index (χ3n) is 3.47. The average molecular weight is 289 g/mol. The second kappa shape index (κ2) is 5.74. The molecule has 4 nitrogen and oxygen atoms in total. The summed E-state index contributed by atoms with van der Waals surface area (Å²) in [7, 11) is 0. The molecule has 3 aromatic rings. The van der Waals surface area contributed by atoms with Gasteiger partial charge < -0.3 is 10.5 Å². The molecule has 0 amide bonds. The van der Waals surface area contributed by atoms with Crippen molar-refractivity contribution in [2.45, 2.75) is 6.92 Å². The van der Waals surface area contributed by atoms with E-state index in [0.29, 0.717) is 12.2 Å². The van der Waals surface area contributed by atoms with Crippen LogP contribution in [0.2, 0.25) is 0 Å². The highest BCUT2D eigenvalue weighted by Crippen LogP contribution is 2.35. The van der Waals surface area contributed by atoms with Crippen LogP contribution in [-0.4, -0.2) is 11.6 Å². The van der Waals surface area contributed by atoms with Crippen LogP contribution in [0.15, 0.2) is 48.5 Å². The quantitative estimate of drug-likeness (QED) is 0.797. The van der Waals surface area contributed by atoms with Crippen molar-refractivity contribution in [3.05, 3.63) is 54.1 Å². The maximum atomic E-state index is 9.46. The SMILES string of the molecule is CCOc1ccc2c(-c3ccccc3)c(C#N)c(N)nc2c1. The van der Waals surface area contributed by atoms with E-state index in [-0.39, 0.29) is 5.82 Å². The Balaban J connectivity index is 2.35. The third-order valence-corrected chi connectivity index (χ3v) is 3.47. The van der Waals surface area contributed by atoms with Gasteiger partial charge in [0.25, 0.3) is 0 Å². The number of nitrogens with two attached hydrogens (primary N) is 1. The van der Waals surface area contributed by atoms with Crippen molar-refractivity contribution in [1.82, 2.24) is 4.98 Å². The number of nitrogen functional groups attached to an aromatic ring is 1. The summed E-state index contributed by atoms with van der Waals surface area (Å²) in [6.07, 6.45) is 0. The molecule has 0 radical (unpaired) electrons. The van der Waals surface area contributed by atoms with Gasteiger partial charge in [-0.25, -0.2) is 4.98 Å². The largest absolute Gasteiger partial charge is 0.494 e. The van der Waals surface area contributed by atoms with Crippen molar-refractivity contribution in [1.29, 1.82) is 5.26 Å². The summed E-state index contributed by atoms with van der Waals surface area (Å²) in [6, 6.07) is 17.6. The summed E-state index contributed by atoms with van der Waals surface area (Å²) in [5.41, 5.74) is 8.87. The second-order valence-corrected chi connectivity index (χ2v) is 4.84. The molecule has 0 spiro atoms. The first-order valence-electron chi connectivity index (χ1n) is 7.06. The molecule has 2 N–H and O–H groups in total. The van der Waals surface area contributed by atoms with E-state index in [1.54, 1.807) is 0 Å². The molecular formula is C18H15N3O. The number of ether oxygens (including phenoxy) is 1. The van der Waals surface area contributed by atoms with Gasteiger partial charge >= 0.3 is 0 Å². The molecule has 0 aliphatic carbocycles. The fourth-order valence-corrected chi connectivity index (χ4v) is 2.54. The summed E-state index contributed by atoms with van der Waals surface area (Å²) in [5, 5.41) is 10.4. The fourth-order valence-electron chi connectivity index (χ4n) is 2.54. The minimum absolute atomic E-state index is 0.238. The fraction of sp³-hybridized carbons (Fsp3) is 0.111. The van der Waals surface area contributed by atoms with Crippen molar-refractivity contribution in [3.8, 4) is 22.9 Å². The molecule has 2 aromatic carbocycles. The van der Waals surface area contributed by atoms with Gasteiger partial charge in [-0.3, -0.25) is 0 Å². The zero-order valence-corrected chi connectivity index (χ0v) is 12.2. The molecule has 0 fully saturated rings. The molecule has 0 aliphatic heterocycles. The molecular weight excluding hydrogens is 274 g/mol. The third kappa shape index (κ3) is 2.33. The van der Waals surface area contributed by atoms with Crippen molar-refractivity contribution in [3.63, 3.8) is 0 Å². The molecule has 108 valence electrons. The van der Waals surface area contributed by atoms with Crippen LogP contribution < -0.4 is 10.5 Å². The minimum Gasteiger partial charge on any atom is -0.494 e. The van der Waals surface area contributed by atoms with Crippen LogP contribution in [0.5, 0.6) is 5.75 Å². The van der Waals surface area contributed by atoms with Gasteiger partial charge in [0.2, 0.25) is 0 Å². The van der Waals surface area contributed by atoms with Crippen LogP contribution in [0, 0.1) is 11.3 Å². The Morgan fingerprint density at radius 3 is 2.64 bits per heavy atom. The number of benzene rings is 2. The lowest BCUT2D eigenvalue weighted by Crippen LogP contribution is -2.00. The number of pyridine rings is 1. The van der Waals surface area contributed by atoms with Gasteiger partial charge in [-0.05, 0) is 24.6 Å². The van der Waals surface area contributed by atoms with Gasteiger partial charge in [-0.15, -0.1) is 0 Å². The summed E-state index contributed by atoms with van der Waals surface area (Å²) < 4.78 is 5.51. The van der Waals surface area contributed by atoms with Gasteiger partial charge in [0.15, 0.2) is 0 Å². The highest BCUT2D eigenvalue weighted by molar-refractivity contribution is 6.00. The Kier molecular flexibility index (Phi) is 3.63. The van der Waals surface area contributed by atoms with E-state index in [4.69, 9.17) is 10.5 Å². The molecule has 1 aromatic heterocycles. The smallest absolute Gasteiger partial charge is 0.142 e. The van der Waals surface area contributed by atoms with Crippen molar-refractivity contribution < 1.29 is 4.74 Å². The van der Waals surface area contributed by atoms with E-state index in [9.17, 15) is 5.26 Å². The zero-order chi connectivity index (χ0) is 15.5. The van der Waals surface area contributed by atoms with Gasteiger partial charge in [0.1, 0.15) is 23.2 Å². The first-order chi connectivity index (χ1) is 10.7. The van der Waals surface area contributed by atoms with E-state index < -0.39 is 0 Å². The molecule has 0 saturated carbocycles. The van der Waals surface area contributed by atoms with Crippen molar-refractivity contribution in [2.75, 3.05) is 12.3 Å². The van der Waals surface area contributed by atoms with Crippen molar-refractivity contribution >= 4 is 16.7 Å². The monoisotopic (exact) mass is 289 g/mol. The normalized spacial score (nSPS) is 10.4. The van der Waals surface area contributed by atoms with Gasteiger partial charge in [0.05, 0.1) is 12.1 Å². The number of aromatic nitrogens is 1. The molecule has 1 heterocycles. The maximum Gasteiger partial charge on any atom is 0.142 e. The van der Waals surface area contributed by atoms with Crippen molar-refractivity contribution in [2.24, 2.45) is 0 Å². The van der Waals surface area contributed by atoms with E-state index in [0.717, 1.165) is 27.8 Å². The maximum absolute atomic E-state index is 9.46. The zero-order valence-electron chi connectivity index (χ0n) is 12.2. The molecule has 0 bridgehead atoms. The Bertz CT molecular complexity index is 867. The Morgan fingerprint density at radius 1 is 1.18 bits per heavy atom. The van der Waals surface area contributed by atoms with Crippen LogP contribution in [0.1, 0.15) is 12.5 Å². The lowest BCUT2D eigenvalue weighted by molar-refractivity contribution is 0.340. The first-order valence-corrected chi connectivity index (χ1v) is 7.06. The molecule has 0 atom stereocenters. The van der Waals surface area contributed by atoms with Crippen LogP contribution in [-0.2, 0) is 0 Å². The highest BCUT2D eigenvalue weighted by atomic mass is 16.5. The lowest BCUT2D eigenvalue weighted by Gasteiger charge is -2.12. The minimum atomic E-state index is 0.238. The van der Waals surface area contributed by atoms with E-state index in [1.807, 2.05) is 55.5 Å². The summed E-state index contributed by atoms with van der Waals surface area (Å²) >= 11 is 0. The number of anilines is 1. The van der Waals surface area contributed by atoms with E-state index in [2.05, 4.69) is 11.1 Å². The summed E-state index contributed by atoms with van der Waals surface area (Å²) in [5.74, 6) is 0.980. The Labute approximate surface area is 128 Å². The van der Waals surface area contributed by atoms with Gasteiger partial charge in [-0.1, -0.05) is 30.3 Å². The molecule has 0 saturated heterocycles. The van der Waals surface area contributed by atoms with Crippen LogP contribution in [0.3, 0.4) is 0 Å². The number of hydrogen-bond acceptors (Lipinski definition) is 4. The summed E-state index contributed by atoms with van der Waals surface area (Å²) in [6.45, 7) is 2.52. The molecule has 3 rings (SSSR count). The molecule has 22 heavy (non-hydrogen) atoms. The van der Waals surface area contributed by atoms with E-state index >= 15 is 0 Å². The second-order valence-electron chi connectivity index (χ2n) is 4.84. The number of fused-ring (bicyclic) bond motifs is 1. The standard InChI is InChI=1S/C18H15N3O/c1-2-22-13-8-9-14-16(10-13)21-18(20)15(11-19)17(14)12-6-4-3-5-7-12/h3-10H,2H2,1H3,(H2,20,21). The first kappa shape index (κ1) is 13.9. The predicted molar refractivity (Wildman–Crippen MR) is 87.5 cm³/mol. The van der Waals surface area contributed by atoms with Gasteiger partial charge in [0, 0.05) is 17.0 Å². The average Bonchev–Trinajstić information content (AvgIpc) is 2.54. The number of nitrogens with zero attached hydrogens (tertiary/aromatic N) is 2. The molecule has 0 unspecified atom stereocenters. The number of rotatable bonds is 3. The summed E-state index contributed by atoms with van der Waals surface area (Å²) in [4.78, 5) is 4.35. The van der Waals surface area contributed by atoms with Crippen LogP contribution in [0.25, 0.3) is 22.0 Å². The molecule has 4 heteroatoms. The predicted octanol–water partition coefficient (Wildman–Crippen LogP) is 3.75. The van der Waals surface area contributed by atoms with Crippen LogP contribution >= 0.6 is 0 Å². The van der Waals surface area contributed by atoms with Crippen LogP contribution in [0.4, 0.5) is 5.82 Å². The van der Waals surface area contributed by atoms with Gasteiger partial charge in [-0.2, -0.15) is 5.26 Å². The molecule has 0 aliphatic rings. The number of nitriles is 1. The Hall–Kier alpha value is -3.06. The van der Waals surface area contributed by atoms with E-state index in [1.165, 1.54) is 0 Å². The topological polar surface area (TPSA) is 71.9 Å². The Morgan fingerprint density at radius 2 is 1.95 bits per heavy atom. The highest BCUT2D eigenvalue weighted by Gasteiger charge is 2.15. The number of hydrogen-bond donors (Lipinski definition) is 1.